The number of hydrogen-bond donors (Lipinski definition) is 1. The second-order valence-electron chi connectivity index (χ2n) is 9.33. The van der Waals surface area contributed by atoms with E-state index < -0.39 is 42.0 Å². The number of Topliss-reactive ketones (excluding diaryl/α,β-unsaturated/α-hetero) is 1. The number of carboxylic acids is 1. The van der Waals surface area contributed by atoms with Gasteiger partial charge in [0.15, 0.2) is 11.8 Å². The van der Waals surface area contributed by atoms with Crippen molar-refractivity contribution in [2.45, 2.75) is 91.5 Å². The molecule has 1 N–H and O–H groups in total. The first-order valence-electron chi connectivity index (χ1n) is 10.5. The molecule has 7 nitrogen and oxygen atoms in total. The summed E-state index contributed by atoms with van der Waals surface area (Å²) >= 11 is 0. The van der Waals surface area contributed by atoms with E-state index in [-0.39, 0.29) is 10.8 Å². The number of carbonyl (C=O) groups is 4. The third kappa shape index (κ3) is 7.12. The summed E-state index contributed by atoms with van der Waals surface area (Å²) in [5.41, 5.74) is 0.311. The molecule has 0 saturated heterocycles. The van der Waals surface area contributed by atoms with Gasteiger partial charge in [0.25, 0.3) is 0 Å². The molecule has 0 spiro atoms. The summed E-state index contributed by atoms with van der Waals surface area (Å²) in [5, 5.41) is 13.5. The van der Waals surface area contributed by atoms with Gasteiger partial charge in [-0.05, 0) is 49.9 Å². The van der Waals surface area contributed by atoms with Crippen LogP contribution in [0.4, 0.5) is 0 Å². The Morgan fingerprint density at radius 2 is 1.69 bits per heavy atom. The van der Waals surface area contributed by atoms with Crippen LogP contribution in [0.1, 0.15) is 85.5 Å². The van der Waals surface area contributed by atoms with Gasteiger partial charge in [0.1, 0.15) is 0 Å². The summed E-state index contributed by atoms with van der Waals surface area (Å²) in [6.45, 7) is 7.91. The first-order chi connectivity index (χ1) is 13.4. The van der Waals surface area contributed by atoms with E-state index in [1.54, 1.807) is 0 Å². The summed E-state index contributed by atoms with van der Waals surface area (Å²) in [6.07, 6.45) is 7.45. The first kappa shape index (κ1) is 25.1. The highest BCUT2D eigenvalue weighted by Gasteiger charge is 2.42. The van der Waals surface area contributed by atoms with Gasteiger partial charge in [-0.1, -0.05) is 46.5 Å². The molecule has 7 heteroatoms. The molecule has 0 aliphatic heterocycles. The Labute approximate surface area is 174 Å². The van der Waals surface area contributed by atoms with Crippen molar-refractivity contribution in [3.63, 3.8) is 0 Å². The number of aliphatic carboxylic acids is 1. The molecule has 0 aromatic heterocycles. The van der Waals surface area contributed by atoms with E-state index >= 15 is 0 Å². The van der Waals surface area contributed by atoms with Crippen LogP contribution in [0.2, 0.25) is 0 Å². The number of ketones is 1. The number of hydrogen-bond acceptors (Lipinski definition) is 6. The molecule has 29 heavy (non-hydrogen) atoms. The summed E-state index contributed by atoms with van der Waals surface area (Å²) in [4.78, 5) is 47.1. The molecule has 0 aromatic carbocycles. The average molecular weight is 411 g/mol. The smallest absolute Gasteiger partial charge is 0.336 e. The van der Waals surface area contributed by atoms with Crippen LogP contribution in [0, 0.1) is 16.7 Å². The van der Waals surface area contributed by atoms with Crippen LogP contribution in [-0.4, -0.2) is 36.8 Å². The topological polar surface area (TPSA) is 113 Å². The van der Waals surface area contributed by atoms with E-state index in [1.165, 1.54) is 26.2 Å². The van der Waals surface area contributed by atoms with Crippen molar-refractivity contribution in [3.05, 3.63) is 0 Å². The molecule has 166 valence electrons. The fourth-order valence-corrected chi connectivity index (χ4v) is 4.52. The highest BCUT2D eigenvalue weighted by Crippen LogP contribution is 2.52. The van der Waals surface area contributed by atoms with Crippen LogP contribution in [-0.2, 0) is 23.9 Å². The number of esters is 1. The van der Waals surface area contributed by atoms with Crippen LogP contribution < -0.4 is 10.4 Å². The minimum atomic E-state index is -1.42. The zero-order valence-corrected chi connectivity index (χ0v) is 18.5. The number of carboxylic acid groups (broad SMARTS) is 1. The number of carbonyl (C=O) groups excluding carboxylic acids is 4. The zero-order chi connectivity index (χ0) is 22.2. The van der Waals surface area contributed by atoms with Gasteiger partial charge >= 0.3 is 5.97 Å². The SMILES string of the molecule is COC(=O)C(NC(=O)C(CCCC1(C(C)(C)C)CCCCC1)CC(=O)[O-])C(C)=O. The minimum absolute atomic E-state index is 0.129. The third-order valence-corrected chi connectivity index (χ3v) is 6.52. The van der Waals surface area contributed by atoms with E-state index in [1.807, 2.05) is 0 Å². The normalized spacial score (nSPS) is 18.4. The van der Waals surface area contributed by atoms with Crippen molar-refractivity contribution < 1.29 is 29.0 Å². The van der Waals surface area contributed by atoms with Gasteiger partial charge in [-0.3, -0.25) is 9.59 Å². The number of rotatable bonds is 10. The van der Waals surface area contributed by atoms with Crippen LogP contribution in [0.3, 0.4) is 0 Å². The van der Waals surface area contributed by atoms with Gasteiger partial charge in [0.05, 0.1) is 7.11 Å². The van der Waals surface area contributed by atoms with Crippen LogP contribution in [0.15, 0.2) is 0 Å². The minimum Gasteiger partial charge on any atom is -0.550 e. The first-order valence-corrected chi connectivity index (χ1v) is 10.5. The van der Waals surface area contributed by atoms with Crippen molar-refractivity contribution >= 4 is 23.6 Å². The number of amides is 1. The van der Waals surface area contributed by atoms with Crippen molar-refractivity contribution in [1.82, 2.24) is 5.32 Å². The van der Waals surface area contributed by atoms with E-state index in [9.17, 15) is 24.3 Å². The van der Waals surface area contributed by atoms with Gasteiger partial charge in [-0.2, -0.15) is 0 Å². The molecule has 1 saturated carbocycles. The predicted octanol–water partition coefficient (Wildman–Crippen LogP) is 2.16. The second-order valence-corrected chi connectivity index (χ2v) is 9.33. The number of nitrogens with one attached hydrogen (secondary N) is 1. The Bertz CT molecular complexity index is 601. The van der Waals surface area contributed by atoms with Crippen molar-refractivity contribution in [1.29, 1.82) is 0 Å². The molecule has 0 aromatic rings. The van der Waals surface area contributed by atoms with Crippen molar-refractivity contribution in [2.75, 3.05) is 7.11 Å². The largest absolute Gasteiger partial charge is 0.550 e. The Balaban J connectivity index is 2.82. The summed E-state index contributed by atoms with van der Waals surface area (Å²) < 4.78 is 4.54. The molecule has 1 aliphatic rings. The maximum Gasteiger partial charge on any atom is 0.336 e. The molecule has 2 atom stereocenters. The molecule has 2 unspecified atom stereocenters. The Morgan fingerprint density at radius 3 is 2.14 bits per heavy atom. The van der Waals surface area contributed by atoms with E-state index in [2.05, 4.69) is 30.8 Å². The number of ether oxygens (including phenoxy) is 1. The fourth-order valence-electron chi connectivity index (χ4n) is 4.52. The maximum atomic E-state index is 12.6. The third-order valence-electron chi connectivity index (χ3n) is 6.52. The quantitative estimate of drug-likeness (QED) is 0.436. The van der Waals surface area contributed by atoms with Gasteiger partial charge in [-0.15, -0.1) is 0 Å². The molecular formula is C22H36NO6-. The molecular weight excluding hydrogens is 374 g/mol. The Kier molecular flexibility index (Phi) is 9.30. The predicted molar refractivity (Wildman–Crippen MR) is 107 cm³/mol. The fraction of sp³-hybridized carbons (Fsp3) is 0.818. The molecule has 0 radical (unpaired) electrons. The Morgan fingerprint density at radius 1 is 1.10 bits per heavy atom. The number of methoxy groups -OCH3 is 1. The van der Waals surface area contributed by atoms with Crippen molar-refractivity contribution in [3.8, 4) is 0 Å². The molecule has 1 aliphatic carbocycles. The lowest BCUT2D eigenvalue weighted by atomic mass is 9.57. The van der Waals surface area contributed by atoms with Crippen LogP contribution >= 0.6 is 0 Å². The van der Waals surface area contributed by atoms with Gasteiger partial charge in [0, 0.05) is 11.9 Å². The van der Waals surface area contributed by atoms with Crippen molar-refractivity contribution in [2.24, 2.45) is 16.7 Å². The van der Waals surface area contributed by atoms with E-state index in [0.29, 0.717) is 12.8 Å². The lowest BCUT2D eigenvalue weighted by Gasteiger charge is -2.48. The zero-order valence-electron chi connectivity index (χ0n) is 18.5. The van der Waals surface area contributed by atoms with Crippen LogP contribution in [0.25, 0.3) is 0 Å². The monoisotopic (exact) mass is 410 g/mol. The highest BCUT2D eigenvalue weighted by atomic mass is 16.5. The van der Waals surface area contributed by atoms with E-state index in [4.69, 9.17) is 0 Å². The lowest BCUT2D eigenvalue weighted by molar-refractivity contribution is -0.306. The summed E-state index contributed by atoms with van der Waals surface area (Å²) in [7, 11) is 1.12. The average Bonchev–Trinajstić information content (AvgIpc) is 2.63. The summed E-state index contributed by atoms with van der Waals surface area (Å²) in [6, 6.07) is -1.42. The maximum absolute atomic E-state index is 12.6. The molecule has 0 bridgehead atoms. The van der Waals surface area contributed by atoms with Crippen LogP contribution in [0.5, 0.6) is 0 Å². The molecule has 1 amide bonds. The van der Waals surface area contributed by atoms with E-state index in [0.717, 1.165) is 26.4 Å². The Hall–Kier alpha value is -1.92. The van der Waals surface area contributed by atoms with Gasteiger partial charge < -0.3 is 20.0 Å². The van der Waals surface area contributed by atoms with Gasteiger partial charge in [0.2, 0.25) is 5.91 Å². The highest BCUT2D eigenvalue weighted by molar-refractivity contribution is 6.05. The standard InChI is InChI=1S/C22H37NO6/c1-15(24)18(20(28)29-5)23-19(27)16(14-17(25)26)10-9-13-22(21(2,3)4)11-7-6-8-12-22/h16,18H,6-14H2,1-5H3,(H,23,27)(H,25,26)/p-1. The summed E-state index contributed by atoms with van der Waals surface area (Å²) in [5.74, 6) is -4.25. The molecule has 0 heterocycles. The van der Waals surface area contributed by atoms with Gasteiger partial charge in [-0.25, -0.2) is 4.79 Å². The second kappa shape index (κ2) is 10.7. The molecule has 1 rings (SSSR count). The molecule has 1 fully saturated rings. The lowest BCUT2D eigenvalue weighted by Crippen LogP contribution is -2.49.